The van der Waals surface area contributed by atoms with Crippen molar-refractivity contribution in [2.24, 2.45) is 17.8 Å². The van der Waals surface area contributed by atoms with Crippen molar-refractivity contribution in [3.05, 3.63) is 11.3 Å². The summed E-state index contributed by atoms with van der Waals surface area (Å²) in [5.74, 6) is 2.46. The van der Waals surface area contributed by atoms with E-state index in [0.29, 0.717) is 5.88 Å². The van der Waals surface area contributed by atoms with Crippen LogP contribution in [0.1, 0.15) is 30.5 Å². The highest BCUT2D eigenvalue weighted by Crippen LogP contribution is 2.54. The van der Waals surface area contributed by atoms with Crippen molar-refractivity contribution < 1.29 is 9.32 Å². The zero-order valence-electron chi connectivity index (χ0n) is 9.62. The fraction of sp³-hybridized carbons (Fsp3) is 0.667. The average molecular weight is 220 g/mol. The average Bonchev–Trinajstić information content (AvgIpc) is 2.76. The largest absolute Gasteiger partial charge is 0.338 e. The molecule has 1 aromatic heterocycles. The van der Waals surface area contributed by atoms with Crippen LogP contribution in [0.15, 0.2) is 4.52 Å². The molecule has 0 spiro atoms. The van der Waals surface area contributed by atoms with Crippen LogP contribution in [0.4, 0.5) is 5.88 Å². The Morgan fingerprint density at radius 2 is 2.00 bits per heavy atom. The van der Waals surface area contributed by atoms with Gasteiger partial charge < -0.3 is 4.52 Å². The standard InChI is InChI=1S/C12H16N2O2/c1-6-7(2)14-16-12(6)13-11(15)10-4-8-3-9(8)5-10/h8-10H,3-5H2,1-2H3,(H,13,15). The number of amides is 1. The fourth-order valence-electron chi connectivity index (χ4n) is 2.67. The molecule has 0 saturated heterocycles. The van der Waals surface area contributed by atoms with Crippen LogP contribution < -0.4 is 5.32 Å². The van der Waals surface area contributed by atoms with E-state index in [1.54, 1.807) is 0 Å². The third-order valence-electron chi connectivity index (χ3n) is 4.01. The second-order valence-corrected chi connectivity index (χ2v) is 5.14. The predicted molar refractivity (Wildman–Crippen MR) is 58.9 cm³/mol. The second kappa shape index (κ2) is 3.34. The highest BCUT2D eigenvalue weighted by molar-refractivity contribution is 5.92. The van der Waals surface area contributed by atoms with Crippen molar-refractivity contribution in [2.45, 2.75) is 33.1 Å². The van der Waals surface area contributed by atoms with Crippen molar-refractivity contribution >= 4 is 11.8 Å². The molecule has 0 aliphatic heterocycles. The van der Waals surface area contributed by atoms with Crippen LogP contribution in [-0.2, 0) is 4.79 Å². The van der Waals surface area contributed by atoms with Crippen LogP contribution in [0.5, 0.6) is 0 Å². The number of fused-ring (bicyclic) bond motifs is 1. The summed E-state index contributed by atoms with van der Waals surface area (Å²) in [6.07, 6.45) is 3.45. The van der Waals surface area contributed by atoms with Crippen LogP contribution in [0.3, 0.4) is 0 Å². The van der Waals surface area contributed by atoms with Gasteiger partial charge in [0.2, 0.25) is 11.8 Å². The molecule has 86 valence electrons. The molecule has 4 heteroatoms. The van der Waals surface area contributed by atoms with Crippen LogP contribution in [0.25, 0.3) is 0 Å². The molecule has 1 aromatic rings. The van der Waals surface area contributed by atoms with Crippen LogP contribution in [0, 0.1) is 31.6 Å². The topological polar surface area (TPSA) is 55.1 Å². The van der Waals surface area contributed by atoms with Crippen molar-refractivity contribution in [3.8, 4) is 0 Å². The molecular weight excluding hydrogens is 204 g/mol. The number of aryl methyl sites for hydroxylation is 1. The zero-order valence-corrected chi connectivity index (χ0v) is 9.62. The Morgan fingerprint density at radius 1 is 1.31 bits per heavy atom. The number of nitrogens with zero attached hydrogens (tertiary/aromatic N) is 1. The minimum atomic E-state index is 0.103. The van der Waals surface area contributed by atoms with E-state index >= 15 is 0 Å². The molecule has 16 heavy (non-hydrogen) atoms. The maximum atomic E-state index is 11.9. The minimum absolute atomic E-state index is 0.103. The maximum Gasteiger partial charge on any atom is 0.234 e. The highest BCUT2D eigenvalue weighted by atomic mass is 16.5. The van der Waals surface area contributed by atoms with Gasteiger partial charge in [-0.25, -0.2) is 0 Å². The summed E-state index contributed by atoms with van der Waals surface area (Å²) in [6, 6.07) is 0. The monoisotopic (exact) mass is 220 g/mol. The Labute approximate surface area is 94.4 Å². The molecular formula is C12H16N2O2. The van der Waals surface area contributed by atoms with E-state index in [9.17, 15) is 4.79 Å². The molecule has 4 nitrogen and oxygen atoms in total. The lowest BCUT2D eigenvalue weighted by atomic mass is 10.0. The lowest BCUT2D eigenvalue weighted by Crippen LogP contribution is -2.21. The van der Waals surface area contributed by atoms with Gasteiger partial charge in [0.05, 0.1) is 5.69 Å². The van der Waals surface area contributed by atoms with E-state index in [1.165, 1.54) is 6.42 Å². The summed E-state index contributed by atoms with van der Waals surface area (Å²) < 4.78 is 5.08. The lowest BCUT2D eigenvalue weighted by molar-refractivity contribution is -0.120. The number of anilines is 1. The Kier molecular flexibility index (Phi) is 2.06. The third kappa shape index (κ3) is 1.52. The summed E-state index contributed by atoms with van der Waals surface area (Å²) in [5, 5.41) is 6.68. The molecule has 0 aromatic carbocycles. The predicted octanol–water partition coefficient (Wildman–Crippen LogP) is 2.28. The molecule has 2 aliphatic carbocycles. The molecule has 2 saturated carbocycles. The molecule has 1 amide bonds. The van der Waals surface area contributed by atoms with Crippen LogP contribution >= 0.6 is 0 Å². The Morgan fingerprint density at radius 3 is 2.56 bits per heavy atom. The molecule has 0 radical (unpaired) electrons. The molecule has 3 rings (SSSR count). The molecule has 0 bridgehead atoms. The number of rotatable bonds is 2. The van der Waals surface area contributed by atoms with Crippen LogP contribution in [0.2, 0.25) is 0 Å². The minimum Gasteiger partial charge on any atom is -0.338 e. The van der Waals surface area contributed by atoms with Gasteiger partial charge in [-0.1, -0.05) is 5.16 Å². The molecule has 2 aliphatic rings. The first-order valence-electron chi connectivity index (χ1n) is 5.89. The van der Waals surface area contributed by atoms with Crippen molar-refractivity contribution in [2.75, 3.05) is 5.32 Å². The third-order valence-corrected chi connectivity index (χ3v) is 4.01. The first-order chi connectivity index (χ1) is 7.65. The summed E-state index contributed by atoms with van der Waals surface area (Å²) in [7, 11) is 0. The number of carbonyl (C=O) groups excluding carboxylic acids is 1. The molecule has 2 atom stereocenters. The number of nitrogens with one attached hydrogen (secondary N) is 1. The lowest BCUT2D eigenvalue weighted by Gasteiger charge is -2.10. The van der Waals surface area contributed by atoms with E-state index < -0.39 is 0 Å². The van der Waals surface area contributed by atoms with E-state index in [-0.39, 0.29) is 11.8 Å². The summed E-state index contributed by atoms with van der Waals surface area (Å²) >= 11 is 0. The number of carbonyl (C=O) groups is 1. The zero-order chi connectivity index (χ0) is 11.3. The van der Waals surface area contributed by atoms with Gasteiger partial charge in [0.25, 0.3) is 0 Å². The van der Waals surface area contributed by atoms with Gasteiger partial charge in [-0.05, 0) is 44.9 Å². The Balaban J connectivity index is 1.66. The number of hydrogen-bond acceptors (Lipinski definition) is 3. The van der Waals surface area contributed by atoms with Gasteiger partial charge >= 0.3 is 0 Å². The SMILES string of the molecule is Cc1noc(NC(=O)C2CC3CC3C2)c1C. The maximum absolute atomic E-state index is 11.9. The highest BCUT2D eigenvalue weighted by Gasteiger charge is 2.48. The van der Waals surface area contributed by atoms with Crippen molar-refractivity contribution in [1.82, 2.24) is 5.16 Å². The van der Waals surface area contributed by atoms with E-state index in [1.807, 2.05) is 13.8 Å². The fourth-order valence-corrected chi connectivity index (χ4v) is 2.67. The summed E-state index contributed by atoms with van der Waals surface area (Å²) in [5.41, 5.74) is 1.76. The first kappa shape index (κ1) is 9.87. The summed E-state index contributed by atoms with van der Waals surface area (Å²) in [4.78, 5) is 11.9. The van der Waals surface area contributed by atoms with Gasteiger partial charge in [-0.15, -0.1) is 0 Å². The van der Waals surface area contributed by atoms with Gasteiger partial charge in [0.15, 0.2) is 0 Å². The van der Waals surface area contributed by atoms with Crippen molar-refractivity contribution in [1.29, 1.82) is 0 Å². The van der Waals surface area contributed by atoms with Crippen LogP contribution in [-0.4, -0.2) is 11.1 Å². The van der Waals surface area contributed by atoms with Crippen molar-refractivity contribution in [3.63, 3.8) is 0 Å². The molecule has 1 N–H and O–H groups in total. The number of hydrogen-bond donors (Lipinski definition) is 1. The van der Waals surface area contributed by atoms with Gasteiger partial charge in [0, 0.05) is 11.5 Å². The first-order valence-corrected chi connectivity index (χ1v) is 5.89. The molecule has 2 unspecified atom stereocenters. The van der Waals surface area contributed by atoms with Gasteiger partial charge in [-0.2, -0.15) is 0 Å². The smallest absolute Gasteiger partial charge is 0.234 e. The van der Waals surface area contributed by atoms with E-state index in [4.69, 9.17) is 4.52 Å². The molecule has 1 heterocycles. The Bertz CT molecular complexity index is 428. The quantitative estimate of drug-likeness (QED) is 0.831. The second-order valence-electron chi connectivity index (χ2n) is 5.14. The Hall–Kier alpha value is -1.32. The van der Waals surface area contributed by atoms with Gasteiger partial charge in [0.1, 0.15) is 0 Å². The van der Waals surface area contributed by atoms with E-state index in [2.05, 4.69) is 10.5 Å². The van der Waals surface area contributed by atoms with E-state index in [0.717, 1.165) is 35.9 Å². The van der Waals surface area contributed by atoms with Gasteiger partial charge in [-0.3, -0.25) is 10.1 Å². The molecule has 2 fully saturated rings. The summed E-state index contributed by atoms with van der Waals surface area (Å²) in [6.45, 7) is 3.78. The normalized spacial score (nSPS) is 31.2. The number of aromatic nitrogens is 1.